The van der Waals surface area contributed by atoms with E-state index in [4.69, 9.17) is 5.73 Å². The van der Waals surface area contributed by atoms with Gasteiger partial charge in [0.05, 0.1) is 5.69 Å². The minimum Gasteiger partial charge on any atom is -0.327 e. The third-order valence-electron chi connectivity index (χ3n) is 3.19. The molecule has 1 saturated carbocycles. The molecule has 3 nitrogen and oxygen atoms in total. The number of rotatable bonds is 0. The predicted molar refractivity (Wildman–Crippen MR) is 44.7 cm³/mol. The van der Waals surface area contributed by atoms with Crippen molar-refractivity contribution in [3.8, 4) is 0 Å². The van der Waals surface area contributed by atoms with Gasteiger partial charge in [-0.05, 0) is 24.3 Å². The van der Waals surface area contributed by atoms with Crippen molar-refractivity contribution in [2.24, 2.45) is 5.73 Å². The molecule has 2 N–H and O–H groups in total. The van der Waals surface area contributed by atoms with E-state index in [0.717, 1.165) is 6.42 Å². The summed E-state index contributed by atoms with van der Waals surface area (Å²) in [5, 5.41) is 0. The molecule has 3 atom stereocenters. The van der Waals surface area contributed by atoms with Crippen LogP contribution in [0.15, 0.2) is 12.5 Å². The summed E-state index contributed by atoms with van der Waals surface area (Å²) in [4.78, 5) is 8.30. The summed E-state index contributed by atoms with van der Waals surface area (Å²) in [7, 11) is 0. The van der Waals surface area contributed by atoms with Crippen molar-refractivity contribution in [1.82, 2.24) is 9.97 Å². The molecular formula is C9H11N3. The van der Waals surface area contributed by atoms with Crippen LogP contribution in [-0.4, -0.2) is 16.0 Å². The molecule has 3 rings (SSSR count). The Morgan fingerprint density at radius 2 is 2.33 bits per heavy atom. The predicted octanol–water partition coefficient (Wildman–Crippen LogP) is 0.778. The zero-order valence-electron chi connectivity index (χ0n) is 6.77. The Bertz CT molecular complexity index is 323. The normalized spacial score (nSPS) is 36.9. The van der Waals surface area contributed by atoms with Gasteiger partial charge in [0.2, 0.25) is 0 Å². The van der Waals surface area contributed by atoms with Crippen LogP contribution in [0.2, 0.25) is 0 Å². The number of nitrogens with two attached hydrogens (primary N) is 1. The number of nitrogens with zero attached hydrogens (tertiary/aromatic N) is 2. The largest absolute Gasteiger partial charge is 0.327 e. The summed E-state index contributed by atoms with van der Waals surface area (Å²) in [5.74, 6) is 1.22. The quantitative estimate of drug-likeness (QED) is 0.611. The number of hydrogen-bond acceptors (Lipinski definition) is 3. The third-order valence-corrected chi connectivity index (χ3v) is 3.19. The van der Waals surface area contributed by atoms with Gasteiger partial charge < -0.3 is 5.73 Å². The average Bonchev–Trinajstić information content (AvgIpc) is 2.37. The van der Waals surface area contributed by atoms with E-state index in [1.165, 1.54) is 17.7 Å². The topological polar surface area (TPSA) is 51.8 Å². The van der Waals surface area contributed by atoms with Crippen LogP contribution in [0.1, 0.15) is 35.9 Å². The fourth-order valence-corrected chi connectivity index (χ4v) is 2.59. The van der Waals surface area contributed by atoms with Crippen LogP contribution >= 0.6 is 0 Å². The fourth-order valence-electron chi connectivity index (χ4n) is 2.59. The number of hydrogen-bond donors (Lipinski definition) is 1. The van der Waals surface area contributed by atoms with Crippen LogP contribution in [0.5, 0.6) is 0 Å². The Balaban J connectivity index is 2.09. The molecule has 0 saturated heterocycles. The third kappa shape index (κ3) is 0.607. The summed E-state index contributed by atoms with van der Waals surface area (Å²) in [6.07, 6.45) is 5.94. The Morgan fingerprint density at radius 3 is 3.25 bits per heavy atom. The molecule has 0 spiro atoms. The molecule has 2 aliphatic rings. The zero-order valence-corrected chi connectivity index (χ0v) is 6.77. The van der Waals surface area contributed by atoms with Gasteiger partial charge in [-0.3, -0.25) is 0 Å². The lowest BCUT2D eigenvalue weighted by molar-refractivity contribution is 0.479. The lowest BCUT2D eigenvalue weighted by Gasteiger charge is -2.34. The van der Waals surface area contributed by atoms with Gasteiger partial charge in [0.15, 0.2) is 0 Å². The van der Waals surface area contributed by atoms with E-state index in [9.17, 15) is 0 Å². The molecule has 1 fully saturated rings. The van der Waals surface area contributed by atoms with E-state index in [-0.39, 0.29) is 0 Å². The van der Waals surface area contributed by atoms with Gasteiger partial charge in [0.25, 0.3) is 0 Å². The summed E-state index contributed by atoms with van der Waals surface area (Å²) in [6.45, 7) is 0. The summed E-state index contributed by atoms with van der Waals surface area (Å²) >= 11 is 0. The van der Waals surface area contributed by atoms with Crippen LogP contribution in [0.3, 0.4) is 0 Å². The first-order valence-electron chi connectivity index (χ1n) is 4.43. The first kappa shape index (κ1) is 6.54. The smallest absolute Gasteiger partial charge is 0.115 e. The van der Waals surface area contributed by atoms with Crippen molar-refractivity contribution in [3.05, 3.63) is 23.8 Å². The number of aromatic nitrogens is 2. The van der Waals surface area contributed by atoms with E-state index >= 15 is 0 Å². The first-order chi connectivity index (χ1) is 5.88. The van der Waals surface area contributed by atoms with E-state index in [1.54, 1.807) is 6.33 Å². The molecule has 1 aromatic rings. The SMILES string of the molecule is NC1CCC2c3cncnc3C12. The second-order valence-corrected chi connectivity index (χ2v) is 3.74. The van der Waals surface area contributed by atoms with Crippen molar-refractivity contribution in [3.63, 3.8) is 0 Å². The lowest BCUT2D eigenvalue weighted by atomic mass is 9.73. The van der Waals surface area contributed by atoms with E-state index < -0.39 is 0 Å². The fraction of sp³-hybridized carbons (Fsp3) is 0.556. The van der Waals surface area contributed by atoms with Crippen molar-refractivity contribution >= 4 is 0 Å². The van der Waals surface area contributed by atoms with Gasteiger partial charge in [-0.1, -0.05) is 0 Å². The molecule has 3 heteroatoms. The molecule has 0 aliphatic heterocycles. The minimum atomic E-state index is 0.345. The van der Waals surface area contributed by atoms with Crippen LogP contribution in [0, 0.1) is 0 Å². The Morgan fingerprint density at radius 1 is 1.42 bits per heavy atom. The summed E-state index contributed by atoms with van der Waals surface area (Å²) < 4.78 is 0. The summed E-state index contributed by atoms with van der Waals surface area (Å²) in [5.41, 5.74) is 8.53. The highest BCUT2D eigenvalue weighted by Gasteiger charge is 2.46. The van der Waals surface area contributed by atoms with Crippen LogP contribution in [0.25, 0.3) is 0 Å². The van der Waals surface area contributed by atoms with E-state index in [2.05, 4.69) is 9.97 Å². The molecule has 0 amide bonds. The highest BCUT2D eigenvalue weighted by Crippen LogP contribution is 2.54. The van der Waals surface area contributed by atoms with E-state index in [0.29, 0.717) is 17.9 Å². The average molecular weight is 161 g/mol. The number of fused-ring (bicyclic) bond motifs is 4. The minimum absolute atomic E-state index is 0.345. The van der Waals surface area contributed by atoms with Crippen LogP contribution in [0.4, 0.5) is 0 Å². The second kappa shape index (κ2) is 2.04. The maximum atomic E-state index is 5.97. The van der Waals surface area contributed by atoms with Gasteiger partial charge in [-0.2, -0.15) is 0 Å². The Hall–Kier alpha value is -0.960. The molecule has 0 aromatic carbocycles. The monoisotopic (exact) mass is 161 g/mol. The van der Waals surface area contributed by atoms with Crippen molar-refractivity contribution in [2.45, 2.75) is 30.7 Å². The van der Waals surface area contributed by atoms with Gasteiger partial charge in [-0.15, -0.1) is 0 Å². The maximum Gasteiger partial charge on any atom is 0.115 e. The molecule has 2 aliphatic carbocycles. The van der Waals surface area contributed by atoms with Crippen LogP contribution < -0.4 is 5.73 Å². The highest BCUT2D eigenvalue weighted by molar-refractivity contribution is 5.41. The molecular weight excluding hydrogens is 150 g/mol. The molecule has 12 heavy (non-hydrogen) atoms. The van der Waals surface area contributed by atoms with Gasteiger partial charge in [0, 0.05) is 18.2 Å². The first-order valence-corrected chi connectivity index (χ1v) is 4.43. The molecule has 1 aromatic heterocycles. The highest BCUT2D eigenvalue weighted by atomic mass is 14.9. The Labute approximate surface area is 71.0 Å². The molecule has 1 heterocycles. The second-order valence-electron chi connectivity index (χ2n) is 3.74. The van der Waals surface area contributed by atoms with Gasteiger partial charge in [-0.25, -0.2) is 9.97 Å². The lowest BCUT2D eigenvalue weighted by Crippen LogP contribution is -2.33. The standard InChI is InChI=1S/C9H11N3/c10-7-2-1-5-6-3-11-4-12-9(6)8(5)7/h3-5,7-8H,1-2,10H2. The molecule has 0 radical (unpaired) electrons. The molecule has 3 unspecified atom stereocenters. The molecule has 62 valence electrons. The van der Waals surface area contributed by atoms with Crippen molar-refractivity contribution < 1.29 is 0 Å². The zero-order chi connectivity index (χ0) is 8.13. The van der Waals surface area contributed by atoms with Crippen LogP contribution in [-0.2, 0) is 0 Å². The van der Waals surface area contributed by atoms with E-state index in [1.807, 2.05) is 6.20 Å². The molecule has 0 bridgehead atoms. The van der Waals surface area contributed by atoms with Gasteiger partial charge in [0.1, 0.15) is 6.33 Å². The van der Waals surface area contributed by atoms with Crippen molar-refractivity contribution in [2.75, 3.05) is 0 Å². The maximum absolute atomic E-state index is 5.97. The van der Waals surface area contributed by atoms with Gasteiger partial charge >= 0.3 is 0 Å². The Kier molecular flexibility index (Phi) is 1.11. The summed E-state index contributed by atoms with van der Waals surface area (Å²) in [6, 6.07) is 0.345. The van der Waals surface area contributed by atoms with Crippen molar-refractivity contribution in [1.29, 1.82) is 0 Å².